The highest BCUT2D eigenvalue weighted by molar-refractivity contribution is 5.90. The summed E-state index contributed by atoms with van der Waals surface area (Å²) in [5.41, 5.74) is -0.399. The Labute approximate surface area is 336 Å². The topological polar surface area (TPSA) is 105 Å². The van der Waals surface area contributed by atoms with Crippen molar-refractivity contribution in [2.45, 2.75) is 135 Å². The van der Waals surface area contributed by atoms with E-state index >= 15 is 0 Å². The molecule has 0 heterocycles. The van der Waals surface area contributed by atoms with Gasteiger partial charge in [-0.2, -0.15) is 0 Å². The second-order valence-corrected chi connectivity index (χ2v) is 15.1. The molecule has 8 nitrogen and oxygen atoms in total. The smallest absolute Gasteiger partial charge is 0.338 e. The van der Waals surface area contributed by atoms with Crippen LogP contribution in [0.15, 0.2) is 91.0 Å². The van der Waals surface area contributed by atoms with Gasteiger partial charge in [0.2, 0.25) is 0 Å². The summed E-state index contributed by atoms with van der Waals surface area (Å²) in [6.45, 7) is 0.968. The van der Waals surface area contributed by atoms with Crippen molar-refractivity contribution in [1.29, 1.82) is 0 Å². The van der Waals surface area contributed by atoms with Crippen LogP contribution >= 0.6 is 0 Å². The minimum Gasteiger partial charge on any atom is -0.465 e. The predicted octanol–water partition coefficient (Wildman–Crippen LogP) is 11.9. The molecule has 0 N–H and O–H groups in total. The van der Waals surface area contributed by atoms with Gasteiger partial charge in [0.1, 0.15) is 31.8 Å². The van der Waals surface area contributed by atoms with E-state index in [0.717, 1.165) is 19.3 Å². The zero-order chi connectivity index (χ0) is 39.9. The Morgan fingerprint density at radius 1 is 0.375 bits per heavy atom. The summed E-state index contributed by atoms with van der Waals surface area (Å²) in [6.07, 6.45) is 24.4. The van der Waals surface area contributed by atoms with Crippen molar-refractivity contribution in [3.63, 3.8) is 0 Å². The molecule has 0 aliphatic rings. The van der Waals surface area contributed by atoms with Gasteiger partial charge in [0.25, 0.3) is 0 Å². The molecule has 306 valence electrons. The van der Waals surface area contributed by atoms with Gasteiger partial charge in [-0.15, -0.1) is 0 Å². The average Bonchev–Trinajstić information content (AvgIpc) is 3.24. The molecule has 0 aliphatic carbocycles. The first-order valence-corrected chi connectivity index (χ1v) is 21.2. The molecule has 0 unspecified atom stereocenters. The highest BCUT2D eigenvalue weighted by Crippen LogP contribution is 2.24. The molecule has 56 heavy (non-hydrogen) atoms. The molecule has 0 saturated carbocycles. The van der Waals surface area contributed by atoms with Crippen molar-refractivity contribution in [3.05, 3.63) is 108 Å². The van der Waals surface area contributed by atoms with Crippen LogP contribution in [0.2, 0.25) is 0 Å². The fraction of sp³-hybridized carbons (Fsp3) is 0.542. The van der Waals surface area contributed by atoms with E-state index in [4.69, 9.17) is 18.9 Å². The summed E-state index contributed by atoms with van der Waals surface area (Å²) < 4.78 is 22.8. The number of unbranched alkanes of at least 4 members (excludes halogenated alkanes) is 18. The lowest BCUT2D eigenvalue weighted by Crippen LogP contribution is -2.44. The van der Waals surface area contributed by atoms with Gasteiger partial charge >= 0.3 is 23.9 Å². The molecule has 3 rings (SSSR count). The van der Waals surface area contributed by atoms with E-state index in [1.165, 1.54) is 96.3 Å². The molecule has 0 atom stereocenters. The number of carbonyl (C=O) groups is 4. The highest BCUT2D eigenvalue weighted by atomic mass is 16.6. The van der Waals surface area contributed by atoms with Crippen LogP contribution < -0.4 is 0 Å². The average molecular weight is 771 g/mol. The van der Waals surface area contributed by atoms with Crippen LogP contribution in [0.1, 0.15) is 166 Å². The van der Waals surface area contributed by atoms with E-state index in [-0.39, 0.29) is 32.8 Å². The van der Waals surface area contributed by atoms with Crippen molar-refractivity contribution in [1.82, 2.24) is 0 Å². The normalized spacial score (nSPS) is 11.2. The molecular formula is C48H66O8. The lowest BCUT2D eigenvalue weighted by molar-refractivity contribution is -0.151. The number of hydrogen-bond acceptors (Lipinski definition) is 8. The maximum atomic E-state index is 13.0. The molecule has 0 radical (unpaired) electrons. The molecule has 8 heteroatoms. The van der Waals surface area contributed by atoms with Gasteiger partial charge < -0.3 is 18.9 Å². The number of hydrogen-bond donors (Lipinski definition) is 0. The van der Waals surface area contributed by atoms with Gasteiger partial charge in [-0.3, -0.25) is 4.79 Å². The number of rotatable bonds is 31. The summed E-state index contributed by atoms with van der Waals surface area (Å²) in [5, 5.41) is 0. The van der Waals surface area contributed by atoms with Gasteiger partial charge in [0.05, 0.1) is 16.7 Å². The van der Waals surface area contributed by atoms with Crippen molar-refractivity contribution in [2.75, 3.05) is 26.4 Å². The van der Waals surface area contributed by atoms with Gasteiger partial charge in [-0.25, -0.2) is 14.4 Å². The third-order valence-electron chi connectivity index (χ3n) is 10.1. The Hall–Kier alpha value is -4.46. The zero-order valence-corrected chi connectivity index (χ0v) is 33.9. The molecule has 0 aliphatic heterocycles. The molecular weight excluding hydrogens is 705 g/mol. The number of ether oxygens (including phenoxy) is 4. The molecule has 0 amide bonds. The van der Waals surface area contributed by atoms with Crippen LogP contribution in [0.3, 0.4) is 0 Å². The fourth-order valence-electron chi connectivity index (χ4n) is 6.53. The van der Waals surface area contributed by atoms with Crippen LogP contribution in [0, 0.1) is 5.41 Å². The van der Waals surface area contributed by atoms with Gasteiger partial charge in [0.15, 0.2) is 0 Å². The second-order valence-electron chi connectivity index (χ2n) is 15.1. The molecule has 0 saturated heterocycles. The molecule has 0 aromatic heterocycles. The van der Waals surface area contributed by atoms with E-state index < -0.39 is 29.3 Å². The second kappa shape index (κ2) is 28.9. The van der Waals surface area contributed by atoms with E-state index in [0.29, 0.717) is 23.1 Å². The van der Waals surface area contributed by atoms with Crippen LogP contribution in [0.4, 0.5) is 0 Å². The Balaban J connectivity index is 1.43. The summed E-state index contributed by atoms with van der Waals surface area (Å²) in [5.74, 6) is -2.25. The van der Waals surface area contributed by atoms with Crippen molar-refractivity contribution in [3.8, 4) is 0 Å². The SMILES string of the molecule is CCCCCCCCCCCCCCCCCCCCCC(=O)OCC(COC(=O)c1ccccc1)(COC(=O)c1ccccc1)COC(=O)c1ccccc1. The van der Waals surface area contributed by atoms with Gasteiger partial charge in [0, 0.05) is 6.42 Å². The summed E-state index contributed by atoms with van der Waals surface area (Å²) >= 11 is 0. The first kappa shape index (κ1) is 45.9. The van der Waals surface area contributed by atoms with Gasteiger partial charge in [-0.1, -0.05) is 177 Å². The van der Waals surface area contributed by atoms with Crippen LogP contribution in [0.25, 0.3) is 0 Å². The molecule has 0 fully saturated rings. The van der Waals surface area contributed by atoms with E-state index in [9.17, 15) is 19.2 Å². The summed E-state index contributed by atoms with van der Waals surface area (Å²) in [4.78, 5) is 52.0. The third kappa shape index (κ3) is 19.9. The van der Waals surface area contributed by atoms with E-state index in [1.54, 1.807) is 91.0 Å². The van der Waals surface area contributed by atoms with E-state index in [1.807, 2.05) is 0 Å². The first-order chi connectivity index (χ1) is 27.4. The Morgan fingerprint density at radius 3 is 0.946 bits per heavy atom. The lowest BCUT2D eigenvalue weighted by atomic mass is 9.92. The van der Waals surface area contributed by atoms with Crippen LogP contribution in [0.5, 0.6) is 0 Å². The number of benzene rings is 3. The zero-order valence-electron chi connectivity index (χ0n) is 33.9. The fourth-order valence-corrected chi connectivity index (χ4v) is 6.53. The molecule has 0 bridgehead atoms. The van der Waals surface area contributed by atoms with Gasteiger partial charge in [-0.05, 0) is 42.8 Å². The number of carbonyl (C=O) groups excluding carboxylic acids is 4. The largest absolute Gasteiger partial charge is 0.465 e. The third-order valence-corrected chi connectivity index (χ3v) is 10.1. The van der Waals surface area contributed by atoms with Crippen LogP contribution in [-0.4, -0.2) is 50.3 Å². The van der Waals surface area contributed by atoms with Crippen molar-refractivity contribution >= 4 is 23.9 Å². The minimum absolute atomic E-state index is 0.229. The maximum Gasteiger partial charge on any atom is 0.338 e. The highest BCUT2D eigenvalue weighted by Gasteiger charge is 2.38. The molecule has 0 spiro atoms. The first-order valence-electron chi connectivity index (χ1n) is 21.2. The Bertz CT molecular complexity index is 1360. The Kier molecular flexibility index (Phi) is 23.7. The number of esters is 4. The monoisotopic (exact) mass is 770 g/mol. The van der Waals surface area contributed by atoms with E-state index in [2.05, 4.69) is 6.92 Å². The summed E-state index contributed by atoms with van der Waals surface area (Å²) in [7, 11) is 0. The standard InChI is InChI=1S/C48H66O8/c1-2-3-4-5-6-7-8-9-10-11-12-13-14-15-16-17-18-19-29-36-44(49)53-37-48(38-54-45(50)41-30-23-20-24-31-41,39-55-46(51)42-32-25-21-26-33-42)40-56-47(52)43-34-27-22-28-35-43/h20-28,30-35H,2-19,29,36-40H2,1H3. The molecule has 3 aromatic carbocycles. The maximum absolute atomic E-state index is 13.0. The quantitative estimate of drug-likeness (QED) is 0.0362. The van der Waals surface area contributed by atoms with Crippen molar-refractivity contribution < 1.29 is 38.1 Å². The summed E-state index contributed by atoms with van der Waals surface area (Å²) in [6, 6.07) is 25.4. The Morgan fingerprint density at radius 2 is 0.643 bits per heavy atom. The van der Waals surface area contributed by atoms with Crippen LogP contribution in [-0.2, 0) is 23.7 Å². The molecule has 3 aromatic rings. The lowest BCUT2D eigenvalue weighted by Gasteiger charge is -2.31. The predicted molar refractivity (Wildman–Crippen MR) is 222 cm³/mol. The minimum atomic E-state index is -1.37. The van der Waals surface area contributed by atoms with Crippen molar-refractivity contribution in [2.24, 2.45) is 5.41 Å².